The number of rotatable bonds is 15. The van der Waals surface area contributed by atoms with Crippen molar-refractivity contribution in [2.75, 3.05) is 19.8 Å². The first-order chi connectivity index (χ1) is 39.2. The molecule has 0 aromatic rings. The SMILES string of the molecule is CC=C(C)C(=O)OC1C(C)OC(OC2C(OC(C)=O)C3(CO)C(O)CC4(C)C(=CCC5C6(C)CCC(OC7OC(C(=O)O)C(O)C(O)C7OC7OC(CO)C(O)C(O)C7O)C(C)(CO)C6CCC54C)C3CC2(C)C)C(O)C1OC(=O)C(C)=CC. The molecule has 24 heteroatoms. The Hall–Kier alpha value is -3.54. The molecule has 0 aromatic carbocycles. The Morgan fingerprint density at radius 2 is 1.26 bits per heavy atom. The number of fused-ring (bicyclic) bond motifs is 7. The van der Waals surface area contributed by atoms with Gasteiger partial charge in [-0.15, -0.1) is 0 Å². The fourth-order valence-electron chi connectivity index (χ4n) is 16.7. The van der Waals surface area contributed by atoms with Gasteiger partial charge in [0.15, 0.2) is 37.2 Å². The van der Waals surface area contributed by atoms with Crippen LogP contribution in [0.15, 0.2) is 34.9 Å². The molecule has 8 rings (SSSR count). The largest absolute Gasteiger partial charge is 0.479 e. The first kappa shape index (κ1) is 66.4. The summed E-state index contributed by atoms with van der Waals surface area (Å²) in [6, 6.07) is 0. The minimum absolute atomic E-state index is 0.0905. The molecule has 0 bridgehead atoms. The molecule has 11 N–H and O–H groups in total. The molecular weight excluding hydrogens is 1100 g/mol. The van der Waals surface area contributed by atoms with E-state index in [0.29, 0.717) is 25.7 Å². The van der Waals surface area contributed by atoms with E-state index in [9.17, 15) is 75.3 Å². The zero-order valence-electron chi connectivity index (χ0n) is 50.2. The highest BCUT2D eigenvalue weighted by Gasteiger charge is 2.74. The van der Waals surface area contributed by atoms with Gasteiger partial charge in [-0.1, -0.05) is 65.3 Å². The Labute approximate surface area is 490 Å². The molecule has 3 aliphatic heterocycles. The van der Waals surface area contributed by atoms with Crippen LogP contribution in [0.3, 0.4) is 0 Å². The van der Waals surface area contributed by atoms with Crippen LogP contribution in [0.5, 0.6) is 0 Å². The molecule has 27 unspecified atom stereocenters. The lowest BCUT2D eigenvalue weighted by atomic mass is 9.33. The lowest BCUT2D eigenvalue weighted by Crippen LogP contribution is -2.73. The zero-order chi connectivity index (χ0) is 62.3. The van der Waals surface area contributed by atoms with Gasteiger partial charge < -0.3 is 98.8 Å². The van der Waals surface area contributed by atoms with E-state index in [0.717, 1.165) is 5.57 Å². The van der Waals surface area contributed by atoms with Crippen molar-refractivity contribution < 1.29 is 118 Å². The predicted octanol–water partition coefficient (Wildman–Crippen LogP) is 1.22. The molecule has 3 saturated heterocycles. The average molecular weight is 1200 g/mol. The van der Waals surface area contributed by atoms with Crippen LogP contribution in [0.4, 0.5) is 0 Å². The van der Waals surface area contributed by atoms with E-state index < -0.39 is 199 Å². The maximum atomic E-state index is 13.4. The number of aliphatic hydroxyl groups excluding tert-OH is 10. The van der Waals surface area contributed by atoms with Crippen molar-refractivity contribution in [2.45, 2.75) is 245 Å². The minimum Gasteiger partial charge on any atom is -0.479 e. The summed E-state index contributed by atoms with van der Waals surface area (Å²) < 4.78 is 55.0. The van der Waals surface area contributed by atoms with Crippen molar-refractivity contribution in [3.63, 3.8) is 0 Å². The van der Waals surface area contributed by atoms with Crippen LogP contribution in [-0.4, -0.2) is 216 Å². The number of carbonyl (C=O) groups excluding carboxylic acids is 3. The Morgan fingerprint density at radius 1 is 0.643 bits per heavy atom. The maximum Gasteiger partial charge on any atom is 0.335 e. The second kappa shape index (κ2) is 24.4. The standard InChI is InChI=1S/C60H92O24/c1-13-26(3)50(74)80-43-28(5)76-53(42(71)44(43)81-51(75)27(4)14-2)84-47-48(77-29(6)64)60(25-63)31(21-55(47,7)8)30-15-16-34-56(9)19-18-36(57(10,24-62)33(56)17-20-58(34,11)59(30,12)22-35(60)65)79-54-46(40(69)39(68)45(82-54)49(72)73)83-52-41(70)38(67)37(66)32(23-61)78-52/h13-15,28,31-48,52-54,61-63,65-71H,16-25H2,1-12H3,(H,72,73). The summed E-state index contributed by atoms with van der Waals surface area (Å²) >= 11 is 0. The molecule has 3 heterocycles. The molecule has 0 radical (unpaired) electrons. The third-order valence-corrected chi connectivity index (χ3v) is 22.0. The third kappa shape index (κ3) is 10.8. The van der Waals surface area contributed by atoms with Crippen molar-refractivity contribution in [2.24, 2.45) is 50.2 Å². The van der Waals surface area contributed by atoms with E-state index >= 15 is 0 Å². The third-order valence-electron chi connectivity index (χ3n) is 22.0. The molecule has 4 saturated carbocycles. The van der Waals surface area contributed by atoms with Crippen LogP contribution in [0.2, 0.25) is 0 Å². The normalized spacial score (nSPS) is 48.5. The van der Waals surface area contributed by atoms with E-state index in [4.69, 9.17) is 42.6 Å². The smallest absolute Gasteiger partial charge is 0.335 e. The van der Waals surface area contributed by atoms with Crippen molar-refractivity contribution in [1.82, 2.24) is 0 Å². The van der Waals surface area contributed by atoms with Crippen LogP contribution >= 0.6 is 0 Å². The van der Waals surface area contributed by atoms with Crippen molar-refractivity contribution in [1.29, 1.82) is 0 Å². The molecule has 0 amide bonds. The molecule has 27 atom stereocenters. The number of carboxylic acids is 1. The van der Waals surface area contributed by atoms with Crippen LogP contribution in [0, 0.1) is 50.2 Å². The molecular formula is C60H92O24. The molecule has 7 fully saturated rings. The van der Waals surface area contributed by atoms with Crippen molar-refractivity contribution in [3.05, 3.63) is 34.9 Å². The summed E-state index contributed by atoms with van der Waals surface area (Å²) in [6.45, 7) is 19.6. The molecule has 476 valence electrons. The summed E-state index contributed by atoms with van der Waals surface area (Å²) in [5.41, 5.74) is -3.96. The number of hydrogen-bond donors (Lipinski definition) is 11. The van der Waals surface area contributed by atoms with Crippen molar-refractivity contribution in [3.8, 4) is 0 Å². The topological polar surface area (TPSA) is 374 Å². The van der Waals surface area contributed by atoms with Crippen LogP contribution in [-0.2, 0) is 61.8 Å². The number of esters is 3. The highest BCUT2D eigenvalue weighted by atomic mass is 16.8. The van der Waals surface area contributed by atoms with E-state index in [1.54, 1.807) is 33.8 Å². The summed E-state index contributed by atoms with van der Waals surface area (Å²) in [7, 11) is 0. The minimum atomic E-state index is -2.07. The van der Waals surface area contributed by atoms with Gasteiger partial charge in [-0.25, -0.2) is 14.4 Å². The fourth-order valence-corrected chi connectivity index (χ4v) is 16.7. The molecule has 0 spiro atoms. The van der Waals surface area contributed by atoms with Gasteiger partial charge >= 0.3 is 23.9 Å². The Morgan fingerprint density at radius 3 is 1.83 bits per heavy atom. The summed E-state index contributed by atoms with van der Waals surface area (Å²) in [4.78, 5) is 52.3. The maximum absolute atomic E-state index is 13.4. The van der Waals surface area contributed by atoms with Gasteiger partial charge in [-0.2, -0.15) is 0 Å². The van der Waals surface area contributed by atoms with Gasteiger partial charge in [0.1, 0.15) is 61.0 Å². The number of hydrogen-bond acceptors (Lipinski definition) is 23. The number of ether oxygens (including phenoxy) is 9. The van der Waals surface area contributed by atoms with Crippen LogP contribution in [0.1, 0.15) is 128 Å². The first-order valence-corrected chi connectivity index (χ1v) is 29.5. The van der Waals surface area contributed by atoms with Gasteiger partial charge in [0, 0.05) is 23.5 Å². The van der Waals surface area contributed by atoms with Gasteiger partial charge in [0.05, 0.1) is 43.5 Å². The van der Waals surface area contributed by atoms with Crippen molar-refractivity contribution >= 4 is 23.9 Å². The predicted molar refractivity (Wildman–Crippen MR) is 291 cm³/mol. The number of aliphatic hydroxyl groups is 10. The van der Waals surface area contributed by atoms with E-state index in [1.807, 2.05) is 20.8 Å². The van der Waals surface area contributed by atoms with Gasteiger partial charge in [-0.05, 0) is 119 Å². The quantitative estimate of drug-likeness (QED) is 0.0361. The Kier molecular flexibility index (Phi) is 19.3. The highest BCUT2D eigenvalue weighted by molar-refractivity contribution is 5.88. The first-order valence-electron chi connectivity index (χ1n) is 29.5. The van der Waals surface area contributed by atoms with Crippen LogP contribution in [0.25, 0.3) is 0 Å². The summed E-state index contributed by atoms with van der Waals surface area (Å²) in [6.07, 6.45) is -22.2. The Bertz CT molecular complexity index is 2530. The molecule has 84 heavy (non-hydrogen) atoms. The Balaban J connectivity index is 1.09. The molecule has 5 aliphatic carbocycles. The number of carbonyl (C=O) groups is 4. The lowest BCUT2D eigenvalue weighted by Gasteiger charge is -2.73. The average Bonchev–Trinajstić information content (AvgIpc) is 0.681. The zero-order valence-corrected chi connectivity index (χ0v) is 50.2. The summed E-state index contributed by atoms with van der Waals surface area (Å²) in [5, 5.41) is 123. The second-order valence-electron chi connectivity index (χ2n) is 26.9. The highest BCUT2D eigenvalue weighted by Crippen LogP contribution is 2.76. The van der Waals surface area contributed by atoms with E-state index in [1.165, 1.54) is 19.9 Å². The second-order valence-corrected chi connectivity index (χ2v) is 26.9. The molecule has 8 aliphatic rings. The summed E-state index contributed by atoms with van der Waals surface area (Å²) in [5.74, 6) is -4.82. The molecule has 24 nitrogen and oxygen atoms in total. The molecule has 0 aromatic heterocycles. The van der Waals surface area contributed by atoms with Gasteiger partial charge in [0.2, 0.25) is 0 Å². The van der Waals surface area contributed by atoms with E-state index in [2.05, 4.69) is 26.8 Å². The lowest BCUT2D eigenvalue weighted by molar-refractivity contribution is -0.375. The van der Waals surface area contributed by atoms with E-state index in [-0.39, 0.29) is 42.2 Å². The van der Waals surface area contributed by atoms with Crippen LogP contribution < -0.4 is 0 Å². The number of carboxylic acid groups (broad SMARTS) is 1. The number of allylic oxidation sites excluding steroid dienone is 4. The van der Waals surface area contributed by atoms with Gasteiger partial charge in [-0.3, -0.25) is 4.79 Å². The fraction of sp³-hybridized carbons (Fsp3) is 0.833. The monoisotopic (exact) mass is 1200 g/mol. The van der Waals surface area contributed by atoms with Gasteiger partial charge in [0.25, 0.3) is 0 Å². The number of aliphatic carboxylic acids is 1.